The maximum atomic E-state index is 6.50. The van der Waals surface area contributed by atoms with Gasteiger partial charge < -0.3 is 5.73 Å². The summed E-state index contributed by atoms with van der Waals surface area (Å²) >= 11 is 0. The van der Waals surface area contributed by atoms with E-state index in [0.717, 1.165) is 11.8 Å². The van der Waals surface area contributed by atoms with E-state index in [9.17, 15) is 0 Å². The Labute approximate surface area is 126 Å². The van der Waals surface area contributed by atoms with Crippen LogP contribution in [0.4, 0.5) is 0 Å². The lowest BCUT2D eigenvalue weighted by Crippen LogP contribution is -2.53. The van der Waals surface area contributed by atoms with Gasteiger partial charge in [0.2, 0.25) is 0 Å². The van der Waals surface area contributed by atoms with Crippen LogP contribution in [0.5, 0.6) is 0 Å². The summed E-state index contributed by atoms with van der Waals surface area (Å²) in [5.41, 5.74) is 6.98. The van der Waals surface area contributed by atoms with Crippen molar-refractivity contribution in [3.05, 3.63) is 0 Å². The van der Waals surface area contributed by atoms with Gasteiger partial charge in [-0.2, -0.15) is 0 Å². The van der Waals surface area contributed by atoms with Crippen molar-refractivity contribution in [2.24, 2.45) is 23.0 Å². The van der Waals surface area contributed by atoms with Crippen LogP contribution in [0.3, 0.4) is 0 Å². The number of likely N-dealkylation sites (tertiary alicyclic amines) is 1. The van der Waals surface area contributed by atoms with Gasteiger partial charge in [-0.25, -0.2) is 0 Å². The zero-order chi connectivity index (χ0) is 14.8. The zero-order valence-corrected chi connectivity index (χ0v) is 14.2. The van der Waals surface area contributed by atoms with E-state index in [1.165, 1.54) is 58.0 Å². The molecule has 1 saturated heterocycles. The molecule has 2 fully saturated rings. The van der Waals surface area contributed by atoms with Crippen molar-refractivity contribution >= 4 is 0 Å². The third kappa shape index (κ3) is 3.76. The fourth-order valence-electron chi connectivity index (χ4n) is 4.21. The van der Waals surface area contributed by atoms with Crippen LogP contribution in [-0.2, 0) is 0 Å². The number of nitrogens with two attached hydrogens (primary N) is 1. The average Bonchev–Trinajstić information content (AvgIpc) is 2.64. The van der Waals surface area contributed by atoms with Crippen molar-refractivity contribution in [3.63, 3.8) is 0 Å². The SMILES string of the molecule is CCC(C)(C)C1CCC(N)C(N2CCCC(C)CC2)C1. The Hall–Kier alpha value is -0.0800. The fraction of sp³-hybridized carbons (Fsp3) is 1.00. The van der Waals surface area contributed by atoms with Gasteiger partial charge in [-0.05, 0) is 68.9 Å². The largest absolute Gasteiger partial charge is 0.326 e. The molecule has 1 saturated carbocycles. The van der Waals surface area contributed by atoms with Crippen LogP contribution in [-0.4, -0.2) is 30.1 Å². The third-order valence-electron chi connectivity index (χ3n) is 6.41. The molecule has 20 heavy (non-hydrogen) atoms. The molecule has 2 heteroatoms. The molecule has 2 N–H and O–H groups in total. The second-order valence-electron chi connectivity index (χ2n) is 8.16. The second-order valence-corrected chi connectivity index (χ2v) is 8.16. The first kappa shape index (κ1) is 16.3. The Morgan fingerprint density at radius 3 is 2.55 bits per heavy atom. The molecule has 4 unspecified atom stereocenters. The average molecular weight is 280 g/mol. The monoisotopic (exact) mass is 280 g/mol. The Morgan fingerprint density at radius 2 is 1.85 bits per heavy atom. The lowest BCUT2D eigenvalue weighted by molar-refractivity contribution is 0.0612. The van der Waals surface area contributed by atoms with Crippen LogP contribution in [0.15, 0.2) is 0 Å². The predicted molar refractivity (Wildman–Crippen MR) is 87.8 cm³/mol. The molecule has 2 aliphatic rings. The van der Waals surface area contributed by atoms with Crippen molar-refractivity contribution in [2.45, 2.75) is 84.7 Å². The van der Waals surface area contributed by atoms with E-state index in [1.807, 2.05) is 0 Å². The molecule has 2 nitrogen and oxygen atoms in total. The number of hydrogen-bond donors (Lipinski definition) is 1. The Kier molecular flexibility index (Phi) is 5.53. The summed E-state index contributed by atoms with van der Waals surface area (Å²) in [4.78, 5) is 2.74. The van der Waals surface area contributed by atoms with Crippen LogP contribution in [0.1, 0.15) is 72.6 Å². The second kappa shape index (κ2) is 6.79. The lowest BCUT2D eigenvalue weighted by Gasteiger charge is -2.46. The molecular weight excluding hydrogens is 244 g/mol. The minimum Gasteiger partial charge on any atom is -0.326 e. The van der Waals surface area contributed by atoms with Crippen molar-refractivity contribution in [1.29, 1.82) is 0 Å². The topological polar surface area (TPSA) is 29.3 Å². The van der Waals surface area contributed by atoms with Crippen molar-refractivity contribution in [3.8, 4) is 0 Å². The van der Waals surface area contributed by atoms with Crippen LogP contribution < -0.4 is 5.73 Å². The highest BCUT2D eigenvalue weighted by atomic mass is 15.2. The number of nitrogens with zero attached hydrogens (tertiary/aromatic N) is 1. The molecule has 0 aromatic rings. The predicted octanol–water partition coefficient (Wildman–Crippen LogP) is 4.04. The van der Waals surface area contributed by atoms with Crippen molar-refractivity contribution in [2.75, 3.05) is 13.1 Å². The maximum Gasteiger partial charge on any atom is 0.0250 e. The van der Waals surface area contributed by atoms with Gasteiger partial charge in [-0.15, -0.1) is 0 Å². The van der Waals surface area contributed by atoms with E-state index >= 15 is 0 Å². The van der Waals surface area contributed by atoms with Gasteiger partial charge in [0.25, 0.3) is 0 Å². The summed E-state index contributed by atoms with van der Waals surface area (Å²) < 4.78 is 0. The van der Waals surface area contributed by atoms with Crippen molar-refractivity contribution < 1.29 is 0 Å². The molecule has 0 aromatic carbocycles. The molecule has 0 aromatic heterocycles. The van der Waals surface area contributed by atoms with Gasteiger partial charge in [-0.1, -0.05) is 34.1 Å². The Bertz CT molecular complexity index is 300. The van der Waals surface area contributed by atoms with E-state index in [2.05, 4.69) is 32.6 Å². The molecule has 0 amide bonds. The van der Waals surface area contributed by atoms with Gasteiger partial charge in [-0.3, -0.25) is 4.90 Å². The molecule has 1 heterocycles. The molecule has 0 spiro atoms. The highest BCUT2D eigenvalue weighted by molar-refractivity contribution is 4.94. The molecule has 2 rings (SSSR count). The normalized spacial score (nSPS) is 37.6. The summed E-state index contributed by atoms with van der Waals surface area (Å²) in [6.07, 6.45) is 9.32. The van der Waals surface area contributed by atoms with Crippen LogP contribution >= 0.6 is 0 Å². The summed E-state index contributed by atoms with van der Waals surface area (Å²) in [5.74, 6) is 1.76. The van der Waals surface area contributed by atoms with E-state index < -0.39 is 0 Å². The van der Waals surface area contributed by atoms with E-state index in [-0.39, 0.29) is 0 Å². The third-order valence-corrected chi connectivity index (χ3v) is 6.41. The molecule has 0 radical (unpaired) electrons. The minimum absolute atomic E-state index is 0.410. The van der Waals surface area contributed by atoms with Crippen LogP contribution in [0.25, 0.3) is 0 Å². The Balaban J connectivity index is 2.01. The van der Waals surface area contributed by atoms with Gasteiger partial charge in [0.1, 0.15) is 0 Å². The quantitative estimate of drug-likeness (QED) is 0.845. The molecule has 0 bridgehead atoms. The van der Waals surface area contributed by atoms with Gasteiger partial charge in [0.15, 0.2) is 0 Å². The lowest BCUT2D eigenvalue weighted by atomic mass is 9.67. The zero-order valence-electron chi connectivity index (χ0n) is 14.2. The van der Waals surface area contributed by atoms with Gasteiger partial charge >= 0.3 is 0 Å². The van der Waals surface area contributed by atoms with E-state index in [1.54, 1.807) is 0 Å². The first-order valence-electron chi connectivity index (χ1n) is 8.93. The molecule has 118 valence electrons. The summed E-state index contributed by atoms with van der Waals surface area (Å²) in [6, 6.07) is 1.05. The maximum absolute atomic E-state index is 6.50. The van der Waals surface area contributed by atoms with E-state index in [0.29, 0.717) is 17.5 Å². The van der Waals surface area contributed by atoms with Gasteiger partial charge in [0.05, 0.1) is 0 Å². The smallest absolute Gasteiger partial charge is 0.0250 e. The minimum atomic E-state index is 0.410. The Morgan fingerprint density at radius 1 is 1.10 bits per heavy atom. The standard InChI is InChI=1S/C18H36N2/c1-5-18(3,4)15-8-9-16(19)17(13-15)20-11-6-7-14(2)10-12-20/h14-17H,5-13,19H2,1-4H3. The van der Waals surface area contributed by atoms with Crippen LogP contribution in [0, 0.1) is 17.3 Å². The number of hydrogen-bond acceptors (Lipinski definition) is 2. The summed E-state index contributed by atoms with van der Waals surface area (Å²) in [6.45, 7) is 12.2. The fourth-order valence-corrected chi connectivity index (χ4v) is 4.21. The molecule has 4 atom stereocenters. The van der Waals surface area contributed by atoms with E-state index in [4.69, 9.17) is 5.73 Å². The molecular formula is C18H36N2. The van der Waals surface area contributed by atoms with Crippen LogP contribution in [0.2, 0.25) is 0 Å². The summed E-state index contributed by atoms with van der Waals surface area (Å²) in [7, 11) is 0. The molecule has 1 aliphatic carbocycles. The first-order valence-corrected chi connectivity index (χ1v) is 8.93. The first-order chi connectivity index (χ1) is 9.44. The molecule has 1 aliphatic heterocycles. The van der Waals surface area contributed by atoms with Crippen molar-refractivity contribution in [1.82, 2.24) is 4.90 Å². The number of rotatable bonds is 3. The highest BCUT2D eigenvalue weighted by Gasteiger charge is 2.38. The summed E-state index contributed by atoms with van der Waals surface area (Å²) in [5, 5.41) is 0. The van der Waals surface area contributed by atoms with Gasteiger partial charge in [0, 0.05) is 12.1 Å². The highest BCUT2D eigenvalue weighted by Crippen LogP contribution is 2.41.